The summed E-state index contributed by atoms with van der Waals surface area (Å²) >= 11 is 0. The monoisotopic (exact) mass is 477 g/mol. The number of aromatic nitrogens is 1. The van der Waals surface area contributed by atoms with Crippen LogP contribution < -0.4 is 14.8 Å². The Morgan fingerprint density at radius 3 is 2.42 bits per heavy atom. The predicted octanol–water partition coefficient (Wildman–Crippen LogP) is 0.589. The van der Waals surface area contributed by atoms with E-state index >= 15 is 0 Å². The first kappa shape index (κ1) is 25.1. The number of nitrogens with one attached hydrogen (secondary N) is 2. The molecule has 0 aliphatic heterocycles. The molecule has 12 heteroatoms. The first-order chi connectivity index (χ1) is 15.7. The number of carbonyl (C=O) groups excluding carboxylic acids is 1. The van der Waals surface area contributed by atoms with Crippen LogP contribution in [0.4, 0.5) is 0 Å². The van der Waals surface area contributed by atoms with E-state index in [-0.39, 0.29) is 16.7 Å². The van der Waals surface area contributed by atoms with E-state index in [1.807, 2.05) is 6.07 Å². The smallest absolute Gasteiger partial charge is 0.439 e. The Balaban J connectivity index is 1.67. The molecule has 0 saturated heterocycles. The van der Waals surface area contributed by atoms with Crippen molar-refractivity contribution in [1.29, 1.82) is 0 Å². The fourth-order valence-corrected chi connectivity index (χ4v) is 4.63. The molecule has 0 spiro atoms. The number of carbonyl (C=O) groups is 1. The lowest BCUT2D eigenvalue weighted by Crippen LogP contribution is -2.57. The van der Waals surface area contributed by atoms with Crippen molar-refractivity contribution in [2.75, 3.05) is 0 Å². The minimum Gasteiger partial charge on any atom is -0.439 e. The zero-order valence-electron chi connectivity index (χ0n) is 18.2. The van der Waals surface area contributed by atoms with E-state index in [2.05, 4.69) is 15.0 Å². The normalized spacial score (nSPS) is 16.8. The van der Waals surface area contributed by atoms with Gasteiger partial charge in [0.1, 0.15) is 16.7 Å². The van der Waals surface area contributed by atoms with Gasteiger partial charge in [-0.2, -0.15) is 4.72 Å². The van der Waals surface area contributed by atoms with Gasteiger partial charge in [-0.25, -0.2) is 13.4 Å². The molecule has 1 amide bonds. The summed E-state index contributed by atoms with van der Waals surface area (Å²) in [5, 5.41) is 31.7. The van der Waals surface area contributed by atoms with Gasteiger partial charge in [0.25, 0.3) is 0 Å². The summed E-state index contributed by atoms with van der Waals surface area (Å²) in [7, 11) is -6.03. The Morgan fingerprint density at radius 2 is 1.91 bits per heavy atom. The second-order valence-electron chi connectivity index (χ2n) is 8.15. The van der Waals surface area contributed by atoms with E-state index in [9.17, 15) is 28.4 Å². The van der Waals surface area contributed by atoms with Crippen molar-refractivity contribution in [1.82, 2.24) is 15.0 Å². The molecule has 1 aliphatic rings. The topological polar surface area (TPSA) is 158 Å². The van der Waals surface area contributed by atoms with Crippen molar-refractivity contribution >= 4 is 23.0 Å². The number of aliphatic hydroxyl groups excluding tert-OH is 1. The van der Waals surface area contributed by atoms with Gasteiger partial charge >= 0.3 is 7.12 Å². The molecule has 10 nitrogen and oxygen atoms in total. The van der Waals surface area contributed by atoms with Crippen LogP contribution in [0, 0.1) is 5.92 Å². The maximum atomic E-state index is 12.8. The summed E-state index contributed by atoms with van der Waals surface area (Å²) in [5.41, 5.74) is 0. The molecule has 0 bridgehead atoms. The average molecular weight is 477 g/mol. The zero-order valence-corrected chi connectivity index (χ0v) is 19.0. The van der Waals surface area contributed by atoms with E-state index in [0.29, 0.717) is 12.2 Å². The first-order valence-electron chi connectivity index (χ1n) is 10.7. The van der Waals surface area contributed by atoms with E-state index < -0.39 is 41.1 Å². The third-order valence-electron chi connectivity index (χ3n) is 5.53. The van der Waals surface area contributed by atoms with Crippen molar-refractivity contribution in [2.24, 2.45) is 5.92 Å². The van der Waals surface area contributed by atoms with Gasteiger partial charge in [-0.15, -0.1) is 0 Å². The fraction of sp³-hybridized carbons (Fsp3) is 0.429. The van der Waals surface area contributed by atoms with Gasteiger partial charge in [0, 0.05) is 6.07 Å². The van der Waals surface area contributed by atoms with Gasteiger partial charge in [-0.05, 0) is 37.5 Å². The van der Waals surface area contributed by atoms with Crippen molar-refractivity contribution in [3.8, 4) is 11.6 Å². The quantitative estimate of drug-likeness (QED) is 0.294. The van der Waals surface area contributed by atoms with Crippen LogP contribution in [-0.2, 0) is 14.8 Å². The number of rotatable bonds is 11. The van der Waals surface area contributed by atoms with Crippen LogP contribution in [0.5, 0.6) is 11.6 Å². The minimum absolute atomic E-state index is 0.181. The SMILES string of the molecule is C[C@H](O)C(NS(=O)(=O)c1ccc(Oc2ccccc2)nc1)C(=O)N[C@@H](CC1CCC1)B(O)O. The third kappa shape index (κ3) is 6.99. The molecule has 1 fully saturated rings. The summed E-state index contributed by atoms with van der Waals surface area (Å²) < 4.78 is 33.3. The molecule has 3 atom stereocenters. The number of amides is 1. The summed E-state index contributed by atoms with van der Waals surface area (Å²) in [6.07, 6.45) is 2.97. The number of para-hydroxylation sites is 1. The van der Waals surface area contributed by atoms with E-state index in [1.165, 1.54) is 19.1 Å². The van der Waals surface area contributed by atoms with Crippen LogP contribution in [0.1, 0.15) is 32.6 Å². The number of sulfonamides is 1. The van der Waals surface area contributed by atoms with Crippen molar-refractivity contribution in [2.45, 2.75) is 55.6 Å². The average Bonchev–Trinajstić information content (AvgIpc) is 2.74. The zero-order chi connectivity index (χ0) is 24.0. The molecule has 3 rings (SSSR count). The van der Waals surface area contributed by atoms with Gasteiger partial charge in [0.15, 0.2) is 0 Å². The van der Waals surface area contributed by atoms with Crippen LogP contribution in [0.2, 0.25) is 0 Å². The number of nitrogens with zero attached hydrogens (tertiary/aromatic N) is 1. The lowest BCUT2D eigenvalue weighted by atomic mass is 9.69. The van der Waals surface area contributed by atoms with Gasteiger partial charge in [0.2, 0.25) is 21.8 Å². The van der Waals surface area contributed by atoms with Gasteiger partial charge in [-0.1, -0.05) is 37.5 Å². The summed E-state index contributed by atoms with van der Waals surface area (Å²) in [4.78, 5) is 16.5. The second-order valence-corrected chi connectivity index (χ2v) is 9.86. The lowest BCUT2D eigenvalue weighted by molar-refractivity contribution is -0.125. The second kappa shape index (κ2) is 11.1. The molecule has 1 unspecified atom stereocenters. The minimum atomic E-state index is -4.23. The molecule has 1 aliphatic carbocycles. The lowest BCUT2D eigenvalue weighted by Gasteiger charge is -2.31. The van der Waals surface area contributed by atoms with Crippen LogP contribution >= 0.6 is 0 Å². The molecular weight excluding hydrogens is 449 g/mol. The maximum Gasteiger partial charge on any atom is 0.475 e. The van der Waals surface area contributed by atoms with Crippen LogP contribution in [0.15, 0.2) is 53.6 Å². The third-order valence-corrected chi connectivity index (χ3v) is 6.96. The standard InChI is InChI=1S/C21H28BN3O7S/c1-14(26)20(21(27)24-18(22(28)29)12-15-6-5-7-15)25-33(30,31)17-10-11-19(23-13-17)32-16-8-3-2-4-9-16/h2-4,8-11,13-15,18,20,25-26,28-29H,5-7,12H2,1H3,(H,24,27)/t14-,18-,20?/m0/s1. The van der Waals surface area contributed by atoms with Crippen molar-refractivity contribution in [3.63, 3.8) is 0 Å². The van der Waals surface area contributed by atoms with E-state index in [0.717, 1.165) is 25.5 Å². The Hall–Kier alpha value is -2.51. The predicted molar refractivity (Wildman–Crippen MR) is 121 cm³/mol. The molecule has 0 radical (unpaired) electrons. The molecule has 178 valence electrons. The highest BCUT2D eigenvalue weighted by Gasteiger charge is 2.35. The summed E-state index contributed by atoms with van der Waals surface area (Å²) in [6.45, 7) is 1.26. The van der Waals surface area contributed by atoms with E-state index in [1.54, 1.807) is 24.3 Å². The Morgan fingerprint density at radius 1 is 1.21 bits per heavy atom. The molecule has 5 N–H and O–H groups in total. The highest BCUT2D eigenvalue weighted by Crippen LogP contribution is 2.30. The van der Waals surface area contributed by atoms with Gasteiger partial charge < -0.3 is 25.2 Å². The van der Waals surface area contributed by atoms with Crippen LogP contribution in [0.3, 0.4) is 0 Å². The molecule has 1 saturated carbocycles. The van der Waals surface area contributed by atoms with Gasteiger partial charge in [-0.3, -0.25) is 4.79 Å². The van der Waals surface area contributed by atoms with Crippen LogP contribution in [-0.4, -0.2) is 59.7 Å². The highest BCUT2D eigenvalue weighted by atomic mass is 32.2. The van der Waals surface area contributed by atoms with Crippen LogP contribution in [0.25, 0.3) is 0 Å². The molecule has 1 aromatic heterocycles. The molecule has 2 aromatic rings. The van der Waals surface area contributed by atoms with Crippen molar-refractivity contribution < 1.29 is 33.1 Å². The molecule has 1 aromatic carbocycles. The largest absolute Gasteiger partial charge is 0.475 e. The maximum absolute atomic E-state index is 12.8. The van der Waals surface area contributed by atoms with E-state index in [4.69, 9.17) is 4.74 Å². The number of aliphatic hydroxyl groups is 1. The van der Waals surface area contributed by atoms with Crippen molar-refractivity contribution in [3.05, 3.63) is 48.7 Å². The molecular formula is C21H28BN3O7S. The number of ether oxygens (including phenoxy) is 1. The first-order valence-corrected chi connectivity index (χ1v) is 12.2. The summed E-state index contributed by atoms with van der Waals surface area (Å²) in [5.74, 6) is -0.845. The number of benzene rings is 1. The Kier molecular flexibility index (Phi) is 8.43. The Labute approximate surface area is 193 Å². The Bertz CT molecular complexity index is 1020. The van der Waals surface area contributed by atoms with Gasteiger partial charge in [0.05, 0.1) is 18.2 Å². The highest BCUT2D eigenvalue weighted by molar-refractivity contribution is 7.89. The molecule has 33 heavy (non-hydrogen) atoms. The number of hydrogen-bond acceptors (Lipinski definition) is 8. The number of hydrogen-bond donors (Lipinski definition) is 5. The number of pyridine rings is 1. The molecule has 1 heterocycles. The fourth-order valence-electron chi connectivity index (χ4n) is 3.42. The summed E-state index contributed by atoms with van der Waals surface area (Å²) in [6, 6.07) is 9.93.